The fourth-order valence-electron chi connectivity index (χ4n) is 3.01. The SMILES string of the molecule is COc1ccc(CNC(=O)COC(=O)c2ccccc2C(=O)c2ccc(Cl)c([N+](=O)[O-])c2)cc1. The molecule has 3 rings (SSSR count). The Morgan fingerprint density at radius 2 is 1.68 bits per heavy atom. The number of methoxy groups -OCH3 is 1. The zero-order valence-electron chi connectivity index (χ0n) is 17.9. The van der Waals surface area contributed by atoms with E-state index in [0.29, 0.717) is 5.75 Å². The van der Waals surface area contributed by atoms with Crippen LogP contribution in [0.4, 0.5) is 5.69 Å². The van der Waals surface area contributed by atoms with Crippen molar-refractivity contribution < 1.29 is 28.8 Å². The molecule has 0 aromatic heterocycles. The van der Waals surface area contributed by atoms with Crippen molar-refractivity contribution >= 4 is 34.9 Å². The van der Waals surface area contributed by atoms with Gasteiger partial charge in [0.1, 0.15) is 10.8 Å². The molecule has 3 aromatic carbocycles. The molecule has 1 amide bonds. The van der Waals surface area contributed by atoms with Crippen molar-refractivity contribution in [1.29, 1.82) is 0 Å². The number of amides is 1. The van der Waals surface area contributed by atoms with E-state index in [0.717, 1.165) is 11.6 Å². The van der Waals surface area contributed by atoms with Crippen LogP contribution in [0.3, 0.4) is 0 Å². The van der Waals surface area contributed by atoms with Crippen molar-refractivity contribution in [3.05, 3.63) is 104 Å². The number of benzene rings is 3. The molecule has 0 saturated carbocycles. The predicted octanol–water partition coefficient (Wildman–Crippen LogP) is 3.96. The van der Waals surface area contributed by atoms with E-state index in [1.807, 2.05) is 0 Å². The number of carbonyl (C=O) groups excluding carboxylic acids is 3. The molecule has 1 N–H and O–H groups in total. The highest BCUT2D eigenvalue weighted by molar-refractivity contribution is 6.33. The van der Waals surface area contributed by atoms with Gasteiger partial charge < -0.3 is 14.8 Å². The quantitative estimate of drug-likeness (QED) is 0.212. The predicted molar refractivity (Wildman–Crippen MR) is 123 cm³/mol. The number of ether oxygens (including phenoxy) is 2. The smallest absolute Gasteiger partial charge is 0.339 e. The first-order valence-corrected chi connectivity index (χ1v) is 10.3. The lowest BCUT2D eigenvalue weighted by Crippen LogP contribution is -2.28. The standard InChI is InChI=1S/C24H19ClN2O7/c1-33-17-9-6-15(7-10-17)13-26-22(28)14-34-24(30)19-5-3-2-4-18(19)23(29)16-8-11-20(25)21(12-16)27(31)32/h2-12H,13-14H2,1H3,(H,26,28). The summed E-state index contributed by atoms with van der Waals surface area (Å²) in [7, 11) is 1.55. The van der Waals surface area contributed by atoms with Crippen molar-refractivity contribution in [2.24, 2.45) is 0 Å². The topological polar surface area (TPSA) is 125 Å². The second-order valence-electron chi connectivity index (χ2n) is 7.00. The molecule has 0 aliphatic heterocycles. The average Bonchev–Trinajstić information content (AvgIpc) is 2.86. The molecule has 9 nitrogen and oxygen atoms in total. The Labute approximate surface area is 199 Å². The number of halogens is 1. The van der Waals surface area contributed by atoms with Crippen LogP contribution >= 0.6 is 11.6 Å². The molecule has 10 heteroatoms. The van der Waals surface area contributed by atoms with E-state index in [1.54, 1.807) is 31.4 Å². The van der Waals surface area contributed by atoms with Crippen LogP contribution in [-0.2, 0) is 16.1 Å². The van der Waals surface area contributed by atoms with Gasteiger partial charge in [0.05, 0.1) is 17.6 Å². The van der Waals surface area contributed by atoms with Gasteiger partial charge in [0, 0.05) is 23.7 Å². The molecule has 0 aliphatic carbocycles. The summed E-state index contributed by atoms with van der Waals surface area (Å²) < 4.78 is 10.1. The summed E-state index contributed by atoms with van der Waals surface area (Å²) in [6.07, 6.45) is 0. The van der Waals surface area contributed by atoms with E-state index < -0.39 is 34.9 Å². The highest BCUT2D eigenvalue weighted by Gasteiger charge is 2.22. The molecule has 0 spiro atoms. The fraction of sp³-hybridized carbons (Fsp3) is 0.125. The van der Waals surface area contributed by atoms with Crippen molar-refractivity contribution in [3.63, 3.8) is 0 Å². The number of nitrogens with one attached hydrogen (secondary N) is 1. The van der Waals surface area contributed by atoms with Gasteiger partial charge in [-0.2, -0.15) is 0 Å². The molecule has 3 aromatic rings. The number of ketones is 1. The first-order valence-electron chi connectivity index (χ1n) is 9.94. The van der Waals surface area contributed by atoms with Gasteiger partial charge in [-0.15, -0.1) is 0 Å². The van der Waals surface area contributed by atoms with Crippen LogP contribution in [0.15, 0.2) is 66.7 Å². The molecule has 34 heavy (non-hydrogen) atoms. The maximum atomic E-state index is 12.9. The minimum absolute atomic E-state index is 0.0198. The zero-order chi connectivity index (χ0) is 24.7. The van der Waals surface area contributed by atoms with Crippen LogP contribution in [0.25, 0.3) is 0 Å². The van der Waals surface area contributed by atoms with Crippen LogP contribution in [0.2, 0.25) is 5.02 Å². The number of rotatable bonds is 9. The van der Waals surface area contributed by atoms with Crippen molar-refractivity contribution in [2.75, 3.05) is 13.7 Å². The molecule has 174 valence electrons. The van der Waals surface area contributed by atoms with Gasteiger partial charge in [-0.25, -0.2) is 4.79 Å². The number of carbonyl (C=O) groups is 3. The molecule has 0 saturated heterocycles. The summed E-state index contributed by atoms with van der Waals surface area (Å²) in [4.78, 5) is 48.0. The highest BCUT2D eigenvalue weighted by atomic mass is 35.5. The second-order valence-corrected chi connectivity index (χ2v) is 7.41. The van der Waals surface area contributed by atoms with E-state index in [2.05, 4.69) is 5.32 Å². The first-order chi connectivity index (χ1) is 16.3. The first kappa shape index (κ1) is 24.4. The lowest BCUT2D eigenvalue weighted by Gasteiger charge is -2.10. The van der Waals surface area contributed by atoms with E-state index in [-0.39, 0.29) is 28.3 Å². The number of hydrogen-bond donors (Lipinski definition) is 1. The molecular formula is C24H19ClN2O7. The minimum Gasteiger partial charge on any atom is -0.497 e. The molecule has 0 radical (unpaired) electrons. The van der Waals surface area contributed by atoms with Gasteiger partial charge in [0.15, 0.2) is 12.4 Å². The van der Waals surface area contributed by atoms with E-state index in [9.17, 15) is 24.5 Å². The third-order valence-corrected chi connectivity index (χ3v) is 5.10. The Morgan fingerprint density at radius 1 is 1.00 bits per heavy atom. The summed E-state index contributed by atoms with van der Waals surface area (Å²) in [6, 6.07) is 16.5. The van der Waals surface area contributed by atoms with Gasteiger partial charge >= 0.3 is 5.97 Å². The molecule has 0 aliphatic rings. The minimum atomic E-state index is -0.882. The highest BCUT2D eigenvalue weighted by Crippen LogP contribution is 2.27. The fourth-order valence-corrected chi connectivity index (χ4v) is 3.20. The number of nitro groups is 1. The van der Waals surface area contributed by atoms with Crippen molar-refractivity contribution in [2.45, 2.75) is 6.54 Å². The van der Waals surface area contributed by atoms with E-state index in [4.69, 9.17) is 21.1 Å². The summed E-state index contributed by atoms with van der Waals surface area (Å²) in [5.74, 6) is -1.35. The summed E-state index contributed by atoms with van der Waals surface area (Å²) in [5.41, 5.74) is 0.277. The Hall–Kier alpha value is -4.24. The Morgan fingerprint density at radius 3 is 2.32 bits per heavy atom. The molecular weight excluding hydrogens is 464 g/mol. The lowest BCUT2D eigenvalue weighted by atomic mass is 9.98. The van der Waals surface area contributed by atoms with Crippen LogP contribution < -0.4 is 10.1 Å². The van der Waals surface area contributed by atoms with Crippen LogP contribution in [0.5, 0.6) is 5.75 Å². The lowest BCUT2D eigenvalue weighted by molar-refractivity contribution is -0.384. The Bertz CT molecular complexity index is 1240. The summed E-state index contributed by atoms with van der Waals surface area (Å²) in [5, 5.41) is 13.6. The normalized spacial score (nSPS) is 10.3. The zero-order valence-corrected chi connectivity index (χ0v) is 18.7. The number of esters is 1. The van der Waals surface area contributed by atoms with Crippen LogP contribution in [0.1, 0.15) is 31.8 Å². The number of nitrogens with zero attached hydrogens (tertiary/aromatic N) is 1. The summed E-state index contributed by atoms with van der Waals surface area (Å²) in [6.45, 7) is -0.325. The van der Waals surface area contributed by atoms with Gasteiger partial charge in [-0.1, -0.05) is 41.9 Å². The van der Waals surface area contributed by atoms with Gasteiger partial charge in [0.25, 0.3) is 11.6 Å². The molecule has 0 bridgehead atoms. The Kier molecular flexibility index (Phi) is 7.94. The van der Waals surface area contributed by atoms with Crippen molar-refractivity contribution in [3.8, 4) is 5.75 Å². The van der Waals surface area contributed by atoms with E-state index in [1.165, 1.54) is 36.4 Å². The van der Waals surface area contributed by atoms with E-state index >= 15 is 0 Å². The Balaban J connectivity index is 1.66. The third-order valence-electron chi connectivity index (χ3n) is 4.78. The summed E-state index contributed by atoms with van der Waals surface area (Å²) >= 11 is 5.80. The maximum absolute atomic E-state index is 12.9. The number of nitro benzene ring substituents is 1. The number of hydrogen-bond acceptors (Lipinski definition) is 7. The maximum Gasteiger partial charge on any atom is 0.339 e. The largest absolute Gasteiger partial charge is 0.497 e. The van der Waals surface area contributed by atoms with Crippen LogP contribution in [-0.4, -0.2) is 36.3 Å². The molecule has 0 unspecified atom stereocenters. The van der Waals surface area contributed by atoms with Crippen LogP contribution in [0, 0.1) is 10.1 Å². The third kappa shape index (κ3) is 5.96. The van der Waals surface area contributed by atoms with Gasteiger partial charge in [-0.05, 0) is 35.9 Å². The monoisotopic (exact) mass is 482 g/mol. The van der Waals surface area contributed by atoms with Gasteiger partial charge in [-0.3, -0.25) is 19.7 Å². The molecule has 0 heterocycles. The van der Waals surface area contributed by atoms with Gasteiger partial charge in [0.2, 0.25) is 0 Å². The molecule has 0 fully saturated rings. The second kappa shape index (κ2) is 11.1. The average molecular weight is 483 g/mol. The van der Waals surface area contributed by atoms with Crippen molar-refractivity contribution in [1.82, 2.24) is 5.32 Å². The molecule has 0 atom stereocenters.